The number of hydrogen-bond acceptors (Lipinski definition) is 5. The number of hydrogen-bond donors (Lipinski definition) is 0. The molecule has 0 unspecified atom stereocenters. The summed E-state index contributed by atoms with van der Waals surface area (Å²) in [6, 6.07) is 1.94. The maximum absolute atomic E-state index is 13.7. The van der Waals surface area contributed by atoms with E-state index in [1.807, 2.05) is 24.8 Å². The molecular formula is C24H33NO4S. The van der Waals surface area contributed by atoms with E-state index in [0.29, 0.717) is 29.7 Å². The third-order valence-electron chi connectivity index (χ3n) is 5.99. The number of carbonyl (C=O) groups excluding carboxylic acids is 2. The van der Waals surface area contributed by atoms with Crippen molar-refractivity contribution in [3.63, 3.8) is 0 Å². The highest BCUT2D eigenvalue weighted by molar-refractivity contribution is 7.15. The Morgan fingerprint density at radius 3 is 2.43 bits per heavy atom. The van der Waals surface area contributed by atoms with Gasteiger partial charge in [-0.25, -0.2) is 4.79 Å². The Labute approximate surface area is 184 Å². The van der Waals surface area contributed by atoms with Crippen molar-refractivity contribution >= 4 is 28.9 Å². The Bertz CT molecular complexity index is 805. The molecule has 1 saturated carbocycles. The molecule has 0 N–H and O–H groups in total. The summed E-state index contributed by atoms with van der Waals surface area (Å²) in [5.74, 6) is 6.98. The van der Waals surface area contributed by atoms with Gasteiger partial charge in [0.2, 0.25) is 5.91 Å². The maximum Gasteiger partial charge on any atom is 0.350 e. The predicted molar refractivity (Wildman–Crippen MR) is 120 cm³/mol. The zero-order valence-electron chi connectivity index (χ0n) is 18.5. The van der Waals surface area contributed by atoms with Crippen LogP contribution in [-0.2, 0) is 14.3 Å². The molecule has 1 aromatic rings. The zero-order valence-corrected chi connectivity index (χ0v) is 19.3. The minimum atomic E-state index is -0.408. The van der Waals surface area contributed by atoms with E-state index >= 15 is 0 Å². The third-order valence-corrected chi connectivity index (χ3v) is 7.01. The number of ether oxygens (including phenoxy) is 2. The van der Waals surface area contributed by atoms with Gasteiger partial charge in [0.15, 0.2) is 0 Å². The van der Waals surface area contributed by atoms with Gasteiger partial charge in [-0.3, -0.25) is 4.79 Å². The molecular weight excluding hydrogens is 398 g/mol. The van der Waals surface area contributed by atoms with Crippen LogP contribution in [0.5, 0.6) is 0 Å². The zero-order chi connectivity index (χ0) is 21.7. The molecule has 0 atom stereocenters. The Hall–Kier alpha value is -1.84. The molecule has 2 heterocycles. The fraction of sp³-hybridized carbons (Fsp3) is 0.667. The maximum atomic E-state index is 13.7. The predicted octanol–water partition coefficient (Wildman–Crippen LogP) is 4.88. The SMILES string of the molecule is COC(=O)c1sc(C#CC(C)C)cc1N(C(=O)[C@H]1CC[C@H](C)CC1)C1CCOCC1. The molecule has 6 heteroatoms. The average molecular weight is 432 g/mol. The first-order valence-corrected chi connectivity index (χ1v) is 11.9. The van der Waals surface area contributed by atoms with Gasteiger partial charge in [0.1, 0.15) is 4.88 Å². The first kappa shape index (κ1) is 22.8. The van der Waals surface area contributed by atoms with Crippen molar-refractivity contribution in [2.45, 2.75) is 65.3 Å². The molecule has 1 aliphatic carbocycles. The molecule has 2 fully saturated rings. The van der Waals surface area contributed by atoms with Crippen LogP contribution >= 0.6 is 11.3 Å². The van der Waals surface area contributed by atoms with Gasteiger partial charge in [0, 0.05) is 31.1 Å². The Kier molecular flexibility index (Phi) is 7.96. The first-order chi connectivity index (χ1) is 14.4. The van der Waals surface area contributed by atoms with E-state index in [1.165, 1.54) is 18.4 Å². The summed E-state index contributed by atoms with van der Waals surface area (Å²) >= 11 is 1.32. The second-order valence-corrected chi connectivity index (χ2v) is 9.80. The van der Waals surface area contributed by atoms with E-state index in [1.54, 1.807) is 0 Å². The van der Waals surface area contributed by atoms with Crippen molar-refractivity contribution in [3.05, 3.63) is 15.8 Å². The number of thiophene rings is 1. The van der Waals surface area contributed by atoms with E-state index in [4.69, 9.17) is 9.47 Å². The number of anilines is 1. The van der Waals surface area contributed by atoms with Crippen LogP contribution in [0.1, 0.15) is 73.8 Å². The van der Waals surface area contributed by atoms with Crippen LogP contribution in [-0.4, -0.2) is 38.2 Å². The minimum Gasteiger partial charge on any atom is -0.465 e. The number of nitrogens with zero attached hydrogens (tertiary/aromatic N) is 1. The van der Waals surface area contributed by atoms with Gasteiger partial charge in [-0.1, -0.05) is 32.6 Å². The number of carbonyl (C=O) groups is 2. The van der Waals surface area contributed by atoms with Crippen molar-refractivity contribution in [1.82, 2.24) is 0 Å². The molecule has 2 aliphatic rings. The second-order valence-electron chi connectivity index (χ2n) is 8.75. The van der Waals surface area contributed by atoms with Crippen molar-refractivity contribution in [1.29, 1.82) is 0 Å². The quantitative estimate of drug-likeness (QED) is 0.504. The van der Waals surface area contributed by atoms with E-state index in [2.05, 4.69) is 18.8 Å². The summed E-state index contributed by atoms with van der Waals surface area (Å²) in [4.78, 5) is 29.5. The van der Waals surface area contributed by atoms with Crippen molar-refractivity contribution in [3.8, 4) is 11.8 Å². The Morgan fingerprint density at radius 1 is 1.17 bits per heavy atom. The van der Waals surface area contributed by atoms with Crippen molar-refractivity contribution in [2.24, 2.45) is 17.8 Å². The summed E-state index contributed by atoms with van der Waals surface area (Å²) < 4.78 is 10.6. The lowest BCUT2D eigenvalue weighted by atomic mass is 9.82. The van der Waals surface area contributed by atoms with Crippen LogP contribution in [0, 0.1) is 29.6 Å². The van der Waals surface area contributed by atoms with E-state index < -0.39 is 5.97 Å². The topological polar surface area (TPSA) is 55.8 Å². The van der Waals surface area contributed by atoms with Crippen LogP contribution in [0.2, 0.25) is 0 Å². The Morgan fingerprint density at radius 2 is 1.83 bits per heavy atom. The van der Waals surface area contributed by atoms with E-state index in [-0.39, 0.29) is 23.8 Å². The van der Waals surface area contributed by atoms with Crippen LogP contribution < -0.4 is 4.90 Å². The molecule has 1 aromatic heterocycles. The Balaban J connectivity index is 2.00. The van der Waals surface area contributed by atoms with Crippen molar-refractivity contribution in [2.75, 3.05) is 25.2 Å². The molecule has 5 nitrogen and oxygen atoms in total. The monoisotopic (exact) mass is 431 g/mol. The van der Waals surface area contributed by atoms with Gasteiger partial charge >= 0.3 is 5.97 Å². The summed E-state index contributed by atoms with van der Waals surface area (Å²) in [6.45, 7) is 7.59. The fourth-order valence-corrected chi connectivity index (χ4v) is 5.15. The van der Waals surface area contributed by atoms with Crippen molar-refractivity contribution < 1.29 is 19.1 Å². The highest BCUT2D eigenvalue weighted by Gasteiger charge is 2.36. The van der Waals surface area contributed by atoms with Crippen LogP contribution in [0.25, 0.3) is 0 Å². The van der Waals surface area contributed by atoms with Crippen LogP contribution in [0.4, 0.5) is 5.69 Å². The summed E-state index contributed by atoms with van der Waals surface area (Å²) in [6.07, 6.45) is 5.54. The molecule has 1 aliphatic heterocycles. The van der Waals surface area contributed by atoms with Gasteiger partial charge in [-0.05, 0) is 50.5 Å². The molecule has 1 amide bonds. The largest absolute Gasteiger partial charge is 0.465 e. The van der Waals surface area contributed by atoms with Crippen LogP contribution in [0.15, 0.2) is 6.07 Å². The number of methoxy groups -OCH3 is 1. The molecule has 1 saturated heterocycles. The summed E-state index contributed by atoms with van der Waals surface area (Å²) in [5.41, 5.74) is 0.662. The van der Waals surface area contributed by atoms with Gasteiger partial charge in [-0.15, -0.1) is 11.3 Å². The first-order valence-electron chi connectivity index (χ1n) is 11.0. The molecule has 30 heavy (non-hydrogen) atoms. The highest BCUT2D eigenvalue weighted by atomic mass is 32.1. The number of rotatable bonds is 4. The molecule has 0 aromatic carbocycles. The summed E-state index contributed by atoms with van der Waals surface area (Å²) in [5, 5.41) is 0. The van der Waals surface area contributed by atoms with Gasteiger partial charge in [0.25, 0.3) is 0 Å². The summed E-state index contributed by atoms with van der Waals surface area (Å²) in [7, 11) is 1.38. The molecule has 164 valence electrons. The highest BCUT2D eigenvalue weighted by Crippen LogP contribution is 2.37. The lowest BCUT2D eigenvalue weighted by Crippen LogP contribution is -2.47. The molecule has 3 rings (SSSR count). The van der Waals surface area contributed by atoms with Gasteiger partial charge in [0.05, 0.1) is 17.7 Å². The van der Waals surface area contributed by atoms with Gasteiger partial charge < -0.3 is 14.4 Å². The van der Waals surface area contributed by atoms with Gasteiger partial charge in [-0.2, -0.15) is 0 Å². The fourth-order valence-electron chi connectivity index (χ4n) is 4.22. The molecule has 0 radical (unpaired) electrons. The second kappa shape index (κ2) is 10.5. The van der Waals surface area contributed by atoms with Crippen LogP contribution in [0.3, 0.4) is 0 Å². The molecule has 0 bridgehead atoms. The molecule has 0 spiro atoms. The third kappa shape index (κ3) is 5.44. The lowest BCUT2D eigenvalue weighted by Gasteiger charge is -2.37. The number of esters is 1. The minimum absolute atomic E-state index is 0.0136. The normalized spacial score (nSPS) is 22.3. The smallest absolute Gasteiger partial charge is 0.350 e. The average Bonchev–Trinajstić information content (AvgIpc) is 3.17. The van der Waals surface area contributed by atoms with E-state index in [0.717, 1.165) is 43.4 Å². The number of amides is 1. The standard InChI is InChI=1S/C24H33NO4S/c1-16(2)5-10-20-15-21(22(30-20)24(27)28-4)25(19-11-13-29-14-12-19)23(26)18-8-6-17(3)7-9-18/h15-19H,6-9,11-14H2,1-4H3/t17-,18-. The lowest BCUT2D eigenvalue weighted by molar-refractivity contribution is -0.124. The van der Waals surface area contributed by atoms with E-state index in [9.17, 15) is 9.59 Å².